The number of para-hydroxylation sites is 1. The first-order valence-corrected chi connectivity index (χ1v) is 13.9. The third-order valence-corrected chi connectivity index (χ3v) is 8.05. The van der Waals surface area contributed by atoms with Gasteiger partial charge in [-0.15, -0.1) is 0 Å². The largest absolute Gasteiger partial charge is 0.444 e. The molecular weight excluding hydrogens is 504 g/mol. The molecule has 0 unspecified atom stereocenters. The number of nitrogens with zero attached hydrogens (tertiary/aromatic N) is 3. The lowest BCUT2D eigenvalue weighted by Crippen LogP contribution is -2.45. The zero-order valence-electron chi connectivity index (χ0n) is 22.7. The molecule has 1 saturated heterocycles. The average Bonchev–Trinajstić information content (AvgIpc) is 3.60. The molecule has 2 aromatic rings. The smallest absolute Gasteiger partial charge is 0.410 e. The number of carbonyl (C=O) groups is 2. The number of likely N-dealkylation sites (tertiary alicyclic amines) is 1. The van der Waals surface area contributed by atoms with E-state index in [2.05, 4.69) is 23.5 Å². The van der Waals surface area contributed by atoms with Gasteiger partial charge in [0.25, 0.3) is 0 Å². The van der Waals surface area contributed by atoms with Crippen LogP contribution < -0.4 is 5.32 Å². The highest BCUT2D eigenvalue weighted by molar-refractivity contribution is 6.34. The number of halogens is 1. The molecule has 1 saturated carbocycles. The maximum atomic E-state index is 13.3. The molecule has 0 spiro atoms. The molecule has 0 atom stereocenters. The second-order valence-corrected chi connectivity index (χ2v) is 12.3. The Balaban J connectivity index is 1.23. The van der Waals surface area contributed by atoms with Gasteiger partial charge in [0.15, 0.2) is 0 Å². The predicted molar refractivity (Wildman–Crippen MR) is 148 cm³/mol. The van der Waals surface area contributed by atoms with Gasteiger partial charge in [0.2, 0.25) is 0 Å². The predicted octanol–water partition coefficient (Wildman–Crippen LogP) is 6.82. The van der Waals surface area contributed by atoms with Crippen LogP contribution in [0.25, 0.3) is 5.57 Å². The van der Waals surface area contributed by atoms with Gasteiger partial charge >= 0.3 is 12.1 Å². The molecule has 38 heavy (non-hydrogen) atoms. The summed E-state index contributed by atoms with van der Waals surface area (Å²) in [6.07, 6.45) is 6.33. The van der Waals surface area contributed by atoms with Crippen molar-refractivity contribution in [2.24, 2.45) is 0 Å². The monoisotopic (exact) mass is 540 g/mol. The van der Waals surface area contributed by atoms with Crippen LogP contribution in [0.4, 0.5) is 15.3 Å². The Labute approximate surface area is 229 Å². The summed E-state index contributed by atoms with van der Waals surface area (Å²) in [7, 11) is 0. The number of nitrogens with one attached hydrogen (secondary N) is 1. The molecule has 1 N–H and O–H groups in total. The van der Waals surface area contributed by atoms with Crippen molar-refractivity contribution in [3.8, 4) is 0 Å². The van der Waals surface area contributed by atoms with E-state index in [0.29, 0.717) is 49.2 Å². The van der Waals surface area contributed by atoms with Gasteiger partial charge in [-0.05, 0) is 64.5 Å². The summed E-state index contributed by atoms with van der Waals surface area (Å²) < 4.78 is 11.1. The molecule has 204 valence electrons. The van der Waals surface area contributed by atoms with Crippen LogP contribution in [0.5, 0.6) is 0 Å². The second kappa shape index (κ2) is 10.3. The maximum absolute atomic E-state index is 13.3. The van der Waals surface area contributed by atoms with Gasteiger partial charge < -0.3 is 24.4 Å². The van der Waals surface area contributed by atoms with Crippen molar-refractivity contribution in [1.82, 2.24) is 15.0 Å². The summed E-state index contributed by atoms with van der Waals surface area (Å²) in [4.78, 5) is 29.3. The van der Waals surface area contributed by atoms with Crippen LogP contribution in [0, 0.1) is 0 Å². The molecule has 0 radical (unpaired) electrons. The van der Waals surface area contributed by atoms with Crippen molar-refractivity contribution in [2.75, 3.05) is 31.5 Å². The first kappa shape index (κ1) is 26.6. The van der Waals surface area contributed by atoms with E-state index in [1.54, 1.807) is 11.0 Å². The van der Waals surface area contributed by atoms with Crippen LogP contribution in [0.3, 0.4) is 0 Å². The minimum absolute atomic E-state index is 0.101. The number of benzene rings is 1. The number of ether oxygens (including phenoxy) is 1. The number of hydrogen-bond acceptors (Lipinski definition) is 5. The highest BCUT2D eigenvalue weighted by atomic mass is 35.5. The van der Waals surface area contributed by atoms with E-state index in [0.717, 1.165) is 35.4 Å². The van der Waals surface area contributed by atoms with Crippen molar-refractivity contribution < 1.29 is 18.8 Å². The molecule has 5 rings (SSSR count). The Morgan fingerprint density at radius 2 is 1.89 bits per heavy atom. The van der Waals surface area contributed by atoms with E-state index in [1.165, 1.54) is 12.8 Å². The van der Waals surface area contributed by atoms with E-state index in [1.807, 2.05) is 43.9 Å². The van der Waals surface area contributed by atoms with E-state index >= 15 is 0 Å². The summed E-state index contributed by atoms with van der Waals surface area (Å²) in [5, 5.41) is 7.94. The topological polar surface area (TPSA) is 87.9 Å². The zero-order chi connectivity index (χ0) is 27.1. The number of amides is 3. The first-order chi connectivity index (χ1) is 18.0. The molecule has 1 aromatic heterocycles. The van der Waals surface area contributed by atoms with E-state index in [-0.39, 0.29) is 17.5 Å². The molecule has 8 nitrogen and oxygen atoms in total. The van der Waals surface area contributed by atoms with E-state index in [4.69, 9.17) is 20.9 Å². The summed E-state index contributed by atoms with van der Waals surface area (Å²) in [5.74, 6) is 1.54. The minimum Gasteiger partial charge on any atom is -0.444 e. The number of carbonyl (C=O) groups excluding carboxylic acids is 2. The minimum atomic E-state index is -0.536. The van der Waals surface area contributed by atoms with Crippen molar-refractivity contribution in [2.45, 2.75) is 76.7 Å². The quantitative estimate of drug-likeness (QED) is 0.460. The van der Waals surface area contributed by atoms with E-state index < -0.39 is 5.60 Å². The molecule has 3 amide bonds. The zero-order valence-corrected chi connectivity index (χ0v) is 23.4. The second-order valence-electron chi connectivity index (χ2n) is 11.9. The molecule has 3 aliphatic rings. The van der Waals surface area contributed by atoms with Gasteiger partial charge in [0.05, 0.1) is 16.4 Å². The molecule has 3 heterocycles. The lowest BCUT2D eigenvalue weighted by Gasteiger charge is -2.38. The lowest BCUT2D eigenvalue weighted by molar-refractivity contribution is 0.0270. The summed E-state index contributed by atoms with van der Waals surface area (Å²) in [5.41, 5.74) is 2.90. The van der Waals surface area contributed by atoms with Crippen molar-refractivity contribution in [3.05, 3.63) is 52.4 Å². The maximum Gasteiger partial charge on any atom is 0.410 e. The van der Waals surface area contributed by atoms with Crippen molar-refractivity contribution in [3.63, 3.8) is 0 Å². The first-order valence-electron chi connectivity index (χ1n) is 13.5. The number of rotatable bonds is 4. The van der Waals surface area contributed by atoms with Gasteiger partial charge in [-0.3, -0.25) is 0 Å². The Bertz CT molecular complexity index is 1240. The molecule has 1 aliphatic carbocycles. The molecule has 2 aliphatic heterocycles. The SMILES string of the molecule is CC(C)(C)OC(=O)N1CC=C(c2cccc(Cl)c2NC(=O)N2CCC(C)(c3cc(C4CC4)on3)CC2)CC1. The normalized spacial score (nSPS) is 19.7. The van der Waals surface area contributed by atoms with Crippen LogP contribution in [-0.4, -0.2) is 58.9 Å². The van der Waals surface area contributed by atoms with Gasteiger partial charge in [-0.2, -0.15) is 0 Å². The lowest BCUT2D eigenvalue weighted by atomic mass is 9.77. The summed E-state index contributed by atoms with van der Waals surface area (Å²) >= 11 is 6.58. The molecule has 9 heteroatoms. The standard InChI is InChI=1S/C29H37ClN4O4/c1-28(2,3)37-27(36)34-14-10-19(11-15-34)21-6-5-7-22(30)25(21)31-26(35)33-16-12-29(4,13-17-33)24-18-23(38-32-24)20-8-9-20/h5-7,10,18,20H,8-9,11-17H2,1-4H3,(H,31,35). The Morgan fingerprint density at radius 3 is 2.53 bits per heavy atom. The number of piperidine rings is 1. The van der Waals surface area contributed by atoms with E-state index in [9.17, 15) is 9.59 Å². The third-order valence-electron chi connectivity index (χ3n) is 7.73. The fraction of sp³-hybridized carbons (Fsp3) is 0.552. The number of hydrogen-bond donors (Lipinski definition) is 1. The summed E-state index contributed by atoms with van der Waals surface area (Å²) in [6, 6.07) is 7.59. The van der Waals surface area contributed by atoms with Crippen LogP contribution in [0.1, 0.15) is 82.7 Å². The highest BCUT2D eigenvalue weighted by Gasteiger charge is 2.38. The Hall–Kier alpha value is -3.00. The summed E-state index contributed by atoms with van der Waals surface area (Å²) in [6.45, 7) is 10.0. The fourth-order valence-electron chi connectivity index (χ4n) is 5.10. The third kappa shape index (κ3) is 5.85. The van der Waals surface area contributed by atoms with Crippen molar-refractivity contribution in [1.29, 1.82) is 0 Å². The van der Waals surface area contributed by atoms with Gasteiger partial charge in [0.1, 0.15) is 11.4 Å². The van der Waals surface area contributed by atoms with Gasteiger partial charge in [-0.25, -0.2) is 9.59 Å². The van der Waals surface area contributed by atoms with Crippen LogP contribution in [0.2, 0.25) is 5.02 Å². The molecule has 0 bridgehead atoms. The number of anilines is 1. The van der Waals surface area contributed by atoms with Crippen LogP contribution >= 0.6 is 11.6 Å². The number of aromatic nitrogens is 1. The highest BCUT2D eigenvalue weighted by Crippen LogP contribution is 2.43. The molecular formula is C29H37ClN4O4. The average molecular weight is 541 g/mol. The van der Waals surface area contributed by atoms with Gasteiger partial charge in [0, 0.05) is 49.1 Å². The van der Waals surface area contributed by atoms with Crippen LogP contribution in [-0.2, 0) is 10.2 Å². The Morgan fingerprint density at radius 1 is 1.16 bits per heavy atom. The van der Waals surface area contributed by atoms with Crippen molar-refractivity contribution >= 4 is 35.0 Å². The van der Waals surface area contributed by atoms with Crippen LogP contribution in [0.15, 0.2) is 34.9 Å². The Kier molecular flexibility index (Phi) is 7.20. The molecule has 2 fully saturated rings. The molecule has 1 aromatic carbocycles. The number of urea groups is 1. The van der Waals surface area contributed by atoms with Gasteiger partial charge in [-0.1, -0.05) is 41.9 Å². The fourth-order valence-corrected chi connectivity index (χ4v) is 5.33.